The minimum absolute atomic E-state index is 0.0542. The van der Waals surface area contributed by atoms with Crippen LogP contribution in [0.25, 0.3) is 21.8 Å². The molecule has 142 valence electrons. The van der Waals surface area contributed by atoms with Gasteiger partial charge in [-0.25, -0.2) is 4.98 Å². The molecule has 0 N–H and O–H groups in total. The van der Waals surface area contributed by atoms with Crippen molar-refractivity contribution >= 4 is 27.7 Å². The molecule has 0 aliphatic carbocycles. The van der Waals surface area contributed by atoms with Crippen molar-refractivity contribution in [2.45, 2.75) is 33.2 Å². The van der Waals surface area contributed by atoms with Gasteiger partial charge in [-0.15, -0.1) is 0 Å². The number of aryl methyl sites for hydroxylation is 2. The molecule has 1 amide bonds. The Kier molecular flexibility index (Phi) is 4.87. The van der Waals surface area contributed by atoms with Gasteiger partial charge < -0.3 is 14.4 Å². The maximum atomic E-state index is 13.1. The first-order valence-electron chi connectivity index (χ1n) is 9.96. The lowest BCUT2D eigenvalue weighted by molar-refractivity contribution is 0.0658. The molecule has 1 aliphatic heterocycles. The SMILES string of the molecule is CCCCn1c2ccccc2c2cc(C(=O)N3CCN(C)CC3)nc(C)c21. The van der Waals surface area contributed by atoms with Crippen LogP contribution in [0.15, 0.2) is 30.3 Å². The lowest BCUT2D eigenvalue weighted by Gasteiger charge is -2.32. The van der Waals surface area contributed by atoms with E-state index in [9.17, 15) is 4.79 Å². The summed E-state index contributed by atoms with van der Waals surface area (Å²) in [6, 6.07) is 10.5. The number of carbonyl (C=O) groups excluding carboxylic acids is 1. The Labute approximate surface area is 160 Å². The van der Waals surface area contributed by atoms with E-state index in [2.05, 4.69) is 47.7 Å². The summed E-state index contributed by atoms with van der Waals surface area (Å²) in [5.74, 6) is 0.0542. The first-order chi connectivity index (χ1) is 13.1. The second kappa shape index (κ2) is 7.31. The van der Waals surface area contributed by atoms with Gasteiger partial charge in [0.25, 0.3) is 5.91 Å². The van der Waals surface area contributed by atoms with Crippen LogP contribution < -0.4 is 0 Å². The van der Waals surface area contributed by atoms with Crippen LogP contribution in [0, 0.1) is 6.92 Å². The third-order valence-corrected chi connectivity index (χ3v) is 5.67. The highest BCUT2D eigenvalue weighted by Gasteiger charge is 2.23. The number of benzene rings is 1. The Hall–Kier alpha value is -2.40. The zero-order valence-corrected chi connectivity index (χ0v) is 16.5. The van der Waals surface area contributed by atoms with E-state index in [-0.39, 0.29) is 5.91 Å². The summed E-state index contributed by atoms with van der Waals surface area (Å²) >= 11 is 0. The number of rotatable bonds is 4. The fraction of sp³-hybridized carbons (Fsp3) is 0.455. The highest BCUT2D eigenvalue weighted by Crippen LogP contribution is 2.31. The lowest BCUT2D eigenvalue weighted by Crippen LogP contribution is -2.47. The molecule has 5 heteroatoms. The van der Waals surface area contributed by atoms with Crippen molar-refractivity contribution in [1.82, 2.24) is 19.4 Å². The fourth-order valence-corrected chi connectivity index (χ4v) is 4.10. The maximum absolute atomic E-state index is 13.1. The van der Waals surface area contributed by atoms with E-state index in [4.69, 9.17) is 4.98 Å². The molecule has 0 saturated carbocycles. The van der Waals surface area contributed by atoms with Gasteiger partial charge in [0.05, 0.1) is 11.2 Å². The van der Waals surface area contributed by atoms with Crippen LogP contribution in [-0.2, 0) is 6.54 Å². The molecule has 2 aromatic heterocycles. The van der Waals surface area contributed by atoms with Crippen molar-refractivity contribution < 1.29 is 4.79 Å². The third-order valence-electron chi connectivity index (χ3n) is 5.67. The molecule has 4 rings (SSSR count). The van der Waals surface area contributed by atoms with Gasteiger partial charge in [0.15, 0.2) is 0 Å². The number of para-hydroxylation sites is 1. The Morgan fingerprint density at radius 3 is 2.59 bits per heavy atom. The van der Waals surface area contributed by atoms with Crippen molar-refractivity contribution in [3.05, 3.63) is 41.7 Å². The molecule has 1 aromatic carbocycles. The smallest absolute Gasteiger partial charge is 0.272 e. The van der Waals surface area contributed by atoms with Crippen molar-refractivity contribution in [3.8, 4) is 0 Å². The number of pyridine rings is 1. The van der Waals surface area contributed by atoms with E-state index in [0.717, 1.165) is 56.6 Å². The van der Waals surface area contributed by atoms with Gasteiger partial charge in [0, 0.05) is 49.0 Å². The molecule has 1 aliphatic rings. The number of hydrogen-bond donors (Lipinski definition) is 0. The summed E-state index contributed by atoms with van der Waals surface area (Å²) in [4.78, 5) is 22.0. The van der Waals surface area contributed by atoms with Gasteiger partial charge in [-0.05, 0) is 32.5 Å². The summed E-state index contributed by atoms with van der Waals surface area (Å²) < 4.78 is 2.38. The van der Waals surface area contributed by atoms with Crippen LogP contribution >= 0.6 is 0 Å². The predicted octanol–water partition coefficient (Wildman–Crippen LogP) is 3.69. The number of carbonyl (C=O) groups is 1. The van der Waals surface area contributed by atoms with E-state index < -0.39 is 0 Å². The zero-order chi connectivity index (χ0) is 19.0. The second-order valence-corrected chi connectivity index (χ2v) is 7.61. The monoisotopic (exact) mass is 364 g/mol. The highest BCUT2D eigenvalue weighted by molar-refractivity contribution is 6.10. The number of aromatic nitrogens is 2. The van der Waals surface area contributed by atoms with Crippen molar-refractivity contribution in [3.63, 3.8) is 0 Å². The highest BCUT2D eigenvalue weighted by atomic mass is 16.2. The number of unbranched alkanes of at least 4 members (excludes halogenated alkanes) is 1. The quantitative estimate of drug-likeness (QED) is 0.709. The van der Waals surface area contributed by atoms with Gasteiger partial charge in [0.2, 0.25) is 0 Å². The number of hydrogen-bond acceptors (Lipinski definition) is 3. The maximum Gasteiger partial charge on any atom is 0.272 e. The van der Waals surface area contributed by atoms with E-state index in [1.54, 1.807) is 0 Å². The van der Waals surface area contributed by atoms with E-state index in [1.165, 1.54) is 16.4 Å². The van der Waals surface area contributed by atoms with Crippen molar-refractivity contribution in [1.29, 1.82) is 0 Å². The first kappa shape index (κ1) is 18.0. The molecule has 0 unspecified atom stereocenters. The Morgan fingerprint density at radius 2 is 1.85 bits per heavy atom. The van der Waals surface area contributed by atoms with Crippen LogP contribution in [0.1, 0.15) is 35.9 Å². The topological polar surface area (TPSA) is 41.4 Å². The molecular formula is C22H28N4O. The molecule has 0 radical (unpaired) electrons. The Bertz CT molecular complexity index is 983. The predicted molar refractivity (Wildman–Crippen MR) is 110 cm³/mol. The molecule has 3 heterocycles. The molecule has 5 nitrogen and oxygen atoms in total. The number of fused-ring (bicyclic) bond motifs is 3. The number of likely N-dealkylation sites (N-methyl/N-ethyl adjacent to an activating group) is 1. The zero-order valence-electron chi connectivity index (χ0n) is 16.5. The standard InChI is InChI=1S/C22H28N4O/c1-4-5-10-26-20-9-7-6-8-17(20)18-15-19(23-16(2)21(18)26)22(27)25-13-11-24(3)12-14-25/h6-9,15H,4-5,10-14H2,1-3H3. The van der Waals surface area contributed by atoms with Crippen LogP contribution in [0.3, 0.4) is 0 Å². The Morgan fingerprint density at radius 1 is 1.11 bits per heavy atom. The number of nitrogens with zero attached hydrogens (tertiary/aromatic N) is 4. The molecule has 0 atom stereocenters. The summed E-state index contributed by atoms with van der Waals surface area (Å²) in [5, 5.41) is 2.35. The van der Waals surface area contributed by atoms with Crippen LogP contribution in [0.2, 0.25) is 0 Å². The molecule has 27 heavy (non-hydrogen) atoms. The molecule has 1 fully saturated rings. The summed E-state index contributed by atoms with van der Waals surface area (Å²) in [6.07, 6.45) is 2.29. The number of amides is 1. The van der Waals surface area contributed by atoms with Crippen LogP contribution in [0.5, 0.6) is 0 Å². The minimum Gasteiger partial charge on any atom is -0.339 e. The first-order valence-corrected chi connectivity index (χ1v) is 9.96. The number of piperazine rings is 1. The summed E-state index contributed by atoms with van der Waals surface area (Å²) in [5.41, 5.74) is 3.91. The molecule has 0 spiro atoms. The van der Waals surface area contributed by atoms with Gasteiger partial charge in [-0.1, -0.05) is 31.5 Å². The van der Waals surface area contributed by atoms with Crippen molar-refractivity contribution in [2.75, 3.05) is 33.2 Å². The average Bonchev–Trinajstić information content (AvgIpc) is 3.01. The van der Waals surface area contributed by atoms with E-state index in [1.807, 2.05) is 17.9 Å². The molecule has 1 saturated heterocycles. The fourth-order valence-electron chi connectivity index (χ4n) is 4.10. The molecule has 0 bridgehead atoms. The minimum atomic E-state index is 0.0542. The third kappa shape index (κ3) is 3.21. The van der Waals surface area contributed by atoms with Gasteiger partial charge in [-0.2, -0.15) is 0 Å². The van der Waals surface area contributed by atoms with E-state index in [0.29, 0.717) is 5.69 Å². The van der Waals surface area contributed by atoms with Gasteiger partial charge in [-0.3, -0.25) is 4.79 Å². The summed E-state index contributed by atoms with van der Waals surface area (Å²) in [6.45, 7) is 8.61. The molecular weight excluding hydrogens is 336 g/mol. The lowest BCUT2D eigenvalue weighted by atomic mass is 10.1. The second-order valence-electron chi connectivity index (χ2n) is 7.61. The van der Waals surface area contributed by atoms with Crippen LogP contribution in [-0.4, -0.2) is 58.5 Å². The molecule has 3 aromatic rings. The van der Waals surface area contributed by atoms with Crippen LogP contribution in [0.4, 0.5) is 0 Å². The summed E-state index contributed by atoms with van der Waals surface area (Å²) in [7, 11) is 2.10. The van der Waals surface area contributed by atoms with Gasteiger partial charge >= 0.3 is 0 Å². The van der Waals surface area contributed by atoms with Gasteiger partial charge in [0.1, 0.15) is 5.69 Å². The average molecular weight is 364 g/mol. The Balaban J connectivity index is 1.81. The van der Waals surface area contributed by atoms with E-state index >= 15 is 0 Å². The largest absolute Gasteiger partial charge is 0.339 e. The van der Waals surface area contributed by atoms with Crippen molar-refractivity contribution in [2.24, 2.45) is 0 Å². The normalized spacial score (nSPS) is 15.7.